The number of methoxy groups -OCH3 is 1. The molecule has 4 N–H and O–H groups in total. The summed E-state index contributed by atoms with van der Waals surface area (Å²) in [5.74, 6) is -1.40. The first-order valence-electron chi connectivity index (χ1n) is 11.6. The molecule has 15 nitrogen and oxygen atoms in total. The number of carbonyl (C=O) groups excluding carboxylic acids is 1. The standard InChI is InChI=1S/C25H20O15S4/c1-13-3-4-14(9-21(13)41-39-37-27)25(26)15-5-6-18(23(11-15)43(29,30)31)36-19-7-16-8-20(35-2)24(44(32,33)34)12-17(16)10-22(19)42-40-38-28/h3-12,27-28H,1-2H3,(H,29,30,31)(H,32,33,34). The fourth-order valence-corrected chi connectivity index (χ4v) is 6.18. The van der Waals surface area contributed by atoms with Crippen LogP contribution in [0.15, 0.2) is 80.2 Å². The quantitative estimate of drug-likeness (QED) is 0.0445. The summed E-state index contributed by atoms with van der Waals surface area (Å²) < 4.78 is 87.8. The maximum Gasteiger partial charge on any atom is 0.298 e. The number of benzene rings is 4. The SMILES string of the molecule is COc1cc2cc(Oc3ccc(C(=O)c4ccc(C)c(SOOO)c4)cc3S(=O)(=O)O)c(SOOO)cc2cc1S(=O)(=O)O. The summed E-state index contributed by atoms with van der Waals surface area (Å²) in [6, 6.07) is 12.7. The smallest absolute Gasteiger partial charge is 0.298 e. The van der Waals surface area contributed by atoms with Crippen molar-refractivity contribution in [1.82, 2.24) is 0 Å². The van der Waals surface area contributed by atoms with E-state index in [1.54, 1.807) is 13.0 Å². The number of hydrogen-bond donors (Lipinski definition) is 4. The van der Waals surface area contributed by atoms with Crippen molar-refractivity contribution in [1.29, 1.82) is 0 Å². The molecule has 0 bridgehead atoms. The first-order chi connectivity index (χ1) is 20.8. The first-order valence-corrected chi connectivity index (χ1v) is 16.0. The Kier molecular flexibility index (Phi) is 10.5. The summed E-state index contributed by atoms with van der Waals surface area (Å²) in [7, 11) is -8.50. The molecule has 0 saturated carbocycles. The molecule has 4 aromatic carbocycles. The fraction of sp³-hybridized carbons (Fsp3) is 0.0800. The number of ether oxygens (including phenoxy) is 2. The summed E-state index contributed by atoms with van der Waals surface area (Å²) in [5.41, 5.74) is 0.649. The van der Waals surface area contributed by atoms with Gasteiger partial charge >= 0.3 is 0 Å². The Morgan fingerprint density at radius 1 is 0.682 bits per heavy atom. The number of hydrogen-bond acceptors (Lipinski definition) is 15. The van der Waals surface area contributed by atoms with E-state index < -0.39 is 41.6 Å². The Morgan fingerprint density at radius 2 is 1.23 bits per heavy atom. The third-order valence-electron chi connectivity index (χ3n) is 5.93. The molecule has 0 heterocycles. The molecular formula is C25H20O15S4. The lowest BCUT2D eigenvalue weighted by molar-refractivity contribution is -0.432. The van der Waals surface area contributed by atoms with Crippen molar-refractivity contribution in [2.75, 3.05) is 7.11 Å². The molecule has 0 radical (unpaired) electrons. The normalized spacial score (nSPS) is 12.0. The van der Waals surface area contributed by atoms with E-state index >= 15 is 0 Å². The molecule has 0 spiro atoms. The lowest BCUT2D eigenvalue weighted by atomic mass is 10.0. The van der Waals surface area contributed by atoms with E-state index in [9.17, 15) is 30.7 Å². The Bertz CT molecular complexity index is 1940. The molecule has 4 aromatic rings. The van der Waals surface area contributed by atoms with Crippen molar-refractivity contribution < 1.29 is 69.5 Å². The molecule has 234 valence electrons. The zero-order chi connectivity index (χ0) is 32.2. The van der Waals surface area contributed by atoms with Crippen molar-refractivity contribution in [2.45, 2.75) is 26.5 Å². The Hall–Kier alpha value is -3.31. The predicted molar refractivity (Wildman–Crippen MR) is 153 cm³/mol. The molecule has 0 aliphatic carbocycles. The van der Waals surface area contributed by atoms with Gasteiger partial charge in [-0.3, -0.25) is 13.9 Å². The molecule has 0 unspecified atom stereocenters. The van der Waals surface area contributed by atoms with Gasteiger partial charge in [-0.05, 0) is 71.8 Å². The van der Waals surface area contributed by atoms with E-state index in [0.29, 0.717) is 39.9 Å². The second-order valence-corrected chi connectivity index (χ2v) is 12.9. The van der Waals surface area contributed by atoms with E-state index in [1.807, 2.05) is 0 Å². The van der Waals surface area contributed by atoms with Gasteiger partial charge in [0.05, 0.1) is 36.1 Å². The van der Waals surface area contributed by atoms with Crippen LogP contribution in [0.5, 0.6) is 17.2 Å². The molecule has 19 heteroatoms. The van der Waals surface area contributed by atoms with Gasteiger partial charge in [0.15, 0.2) is 5.78 Å². The minimum atomic E-state index is -4.99. The number of carbonyl (C=O) groups is 1. The van der Waals surface area contributed by atoms with Crippen LogP contribution in [-0.2, 0) is 39.0 Å². The largest absolute Gasteiger partial charge is 0.495 e. The van der Waals surface area contributed by atoms with Crippen molar-refractivity contribution in [3.8, 4) is 17.2 Å². The van der Waals surface area contributed by atoms with Crippen LogP contribution in [0, 0.1) is 6.92 Å². The van der Waals surface area contributed by atoms with Crippen LogP contribution >= 0.6 is 24.1 Å². The molecule has 0 amide bonds. The number of aryl methyl sites for hydroxylation is 1. The van der Waals surface area contributed by atoms with E-state index in [2.05, 4.69) is 18.7 Å². The lowest BCUT2D eigenvalue weighted by Gasteiger charge is -2.15. The van der Waals surface area contributed by atoms with Gasteiger partial charge in [-0.1, -0.05) is 22.2 Å². The lowest BCUT2D eigenvalue weighted by Crippen LogP contribution is -2.07. The molecule has 4 rings (SSSR count). The summed E-state index contributed by atoms with van der Waals surface area (Å²) >= 11 is 1.02. The first kappa shape index (κ1) is 33.6. The number of ketones is 1. The monoisotopic (exact) mass is 688 g/mol. The molecule has 44 heavy (non-hydrogen) atoms. The molecule has 0 saturated heterocycles. The van der Waals surface area contributed by atoms with Crippen LogP contribution in [0.1, 0.15) is 21.5 Å². The van der Waals surface area contributed by atoms with Gasteiger partial charge in [-0.25, -0.2) is 10.5 Å². The highest BCUT2D eigenvalue weighted by molar-refractivity contribution is 7.94. The van der Waals surface area contributed by atoms with E-state index in [0.717, 1.165) is 18.2 Å². The Labute approximate surface area is 257 Å². The van der Waals surface area contributed by atoms with Crippen molar-refractivity contribution in [3.63, 3.8) is 0 Å². The third-order valence-corrected chi connectivity index (χ3v) is 9.05. The van der Waals surface area contributed by atoms with Crippen LogP contribution in [0.4, 0.5) is 0 Å². The van der Waals surface area contributed by atoms with Gasteiger partial charge in [0.2, 0.25) is 0 Å². The Morgan fingerprint density at radius 3 is 1.84 bits per heavy atom. The van der Waals surface area contributed by atoms with Crippen LogP contribution in [0.25, 0.3) is 10.8 Å². The maximum absolute atomic E-state index is 13.2. The van der Waals surface area contributed by atoms with Crippen LogP contribution in [0.3, 0.4) is 0 Å². The maximum atomic E-state index is 13.2. The van der Waals surface area contributed by atoms with Crippen LogP contribution < -0.4 is 9.47 Å². The predicted octanol–water partition coefficient (Wildman–Crippen LogP) is 5.53. The highest BCUT2D eigenvalue weighted by Crippen LogP contribution is 2.41. The van der Waals surface area contributed by atoms with E-state index in [4.69, 9.17) is 20.0 Å². The minimum Gasteiger partial charge on any atom is -0.495 e. The number of fused-ring (bicyclic) bond motifs is 1. The van der Waals surface area contributed by atoms with Gasteiger partial charge in [-0.2, -0.15) is 16.8 Å². The summed E-state index contributed by atoms with van der Waals surface area (Å²) in [5, 5.41) is 24.8. The molecule has 0 atom stereocenters. The third kappa shape index (κ3) is 7.66. The van der Waals surface area contributed by atoms with Crippen molar-refractivity contribution in [3.05, 3.63) is 77.4 Å². The van der Waals surface area contributed by atoms with E-state index in [1.165, 1.54) is 43.5 Å². The van der Waals surface area contributed by atoms with Crippen molar-refractivity contribution >= 4 is 60.9 Å². The van der Waals surface area contributed by atoms with Crippen LogP contribution in [0.2, 0.25) is 0 Å². The summed E-state index contributed by atoms with van der Waals surface area (Å²) in [6.45, 7) is 1.71. The van der Waals surface area contributed by atoms with E-state index in [-0.39, 0.29) is 32.9 Å². The minimum absolute atomic E-state index is 0.0122. The molecule has 0 fully saturated rings. The second-order valence-electron chi connectivity index (χ2n) is 8.62. The van der Waals surface area contributed by atoms with Crippen molar-refractivity contribution in [2.24, 2.45) is 0 Å². The van der Waals surface area contributed by atoms with Gasteiger partial charge in [-0.15, -0.1) is 8.67 Å². The van der Waals surface area contributed by atoms with Gasteiger partial charge in [0.1, 0.15) is 27.0 Å². The number of rotatable bonds is 13. The second kappa shape index (κ2) is 13.8. The van der Waals surface area contributed by atoms with Gasteiger partial charge in [0.25, 0.3) is 20.2 Å². The van der Waals surface area contributed by atoms with Crippen LogP contribution in [-0.4, -0.2) is 49.3 Å². The zero-order valence-corrected chi connectivity index (χ0v) is 25.5. The average molecular weight is 689 g/mol. The molecule has 0 aromatic heterocycles. The molecule has 0 aliphatic heterocycles. The highest BCUT2D eigenvalue weighted by Gasteiger charge is 2.24. The summed E-state index contributed by atoms with van der Waals surface area (Å²) in [4.78, 5) is 12.3. The summed E-state index contributed by atoms with van der Waals surface area (Å²) in [6.07, 6.45) is 0. The zero-order valence-electron chi connectivity index (χ0n) is 22.2. The fourth-order valence-electron chi connectivity index (χ4n) is 3.93. The Balaban J connectivity index is 1.80. The molecular weight excluding hydrogens is 669 g/mol. The van der Waals surface area contributed by atoms with Gasteiger partial charge in [0, 0.05) is 16.0 Å². The van der Waals surface area contributed by atoms with Gasteiger partial charge < -0.3 is 9.47 Å². The average Bonchev–Trinajstić information content (AvgIpc) is 2.97. The topological polar surface area (TPSA) is 222 Å². The molecule has 0 aliphatic rings. The highest BCUT2D eigenvalue weighted by atomic mass is 32.2.